The zero-order valence-electron chi connectivity index (χ0n) is 8.36. The van der Waals surface area contributed by atoms with Crippen molar-refractivity contribution in [2.45, 2.75) is 13.0 Å². The van der Waals surface area contributed by atoms with Gasteiger partial charge in [-0.3, -0.25) is 4.79 Å². The van der Waals surface area contributed by atoms with E-state index in [9.17, 15) is 18.0 Å². The van der Waals surface area contributed by atoms with Crippen LogP contribution in [0, 0.1) is 17.5 Å². The van der Waals surface area contributed by atoms with E-state index >= 15 is 0 Å². The number of hydrogen-bond donors (Lipinski definition) is 1. The molecule has 0 aromatic heterocycles. The summed E-state index contributed by atoms with van der Waals surface area (Å²) in [5.74, 6) is -5.19. The van der Waals surface area contributed by atoms with Crippen molar-refractivity contribution in [1.29, 1.82) is 0 Å². The van der Waals surface area contributed by atoms with E-state index in [-0.39, 0.29) is 11.9 Å². The standard InChI is InChI=1S/C10H9ClF3NO/c1-5(4-11)15-10(16)6-2-3-7(12)9(14)8(6)13/h2-3,5H,4H2,1H3,(H,15,16). The van der Waals surface area contributed by atoms with Crippen LogP contribution in [0.25, 0.3) is 0 Å². The molecule has 2 nitrogen and oxygen atoms in total. The molecule has 6 heteroatoms. The van der Waals surface area contributed by atoms with E-state index in [0.717, 1.165) is 6.07 Å². The lowest BCUT2D eigenvalue weighted by Crippen LogP contribution is -2.34. The van der Waals surface area contributed by atoms with Crippen molar-refractivity contribution in [3.8, 4) is 0 Å². The fraction of sp³-hybridized carbons (Fsp3) is 0.300. The molecular weight excluding hydrogens is 243 g/mol. The molecule has 0 spiro atoms. The maximum atomic E-state index is 13.2. The van der Waals surface area contributed by atoms with Crippen LogP contribution in [0.4, 0.5) is 13.2 Å². The van der Waals surface area contributed by atoms with Crippen molar-refractivity contribution < 1.29 is 18.0 Å². The first kappa shape index (κ1) is 12.8. The van der Waals surface area contributed by atoms with Gasteiger partial charge in [-0.2, -0.15) is 0 Å². The minimum Gasteiger partial charge on any atom is -0.348 e. The molecule has 0 fully saturated rings. The van der Waals surface area contributed by atoms with Gasteiger partial charge in [0.15, 0.2) is 17.5 Å². The molecule has 0 aliphatic rings. The maximum absolute atomic E-state index is 13.2. The van der Waals surface area contributed by atoms with Gasteiger partial charge in [-0.05, 0) is 19.1 Å². The van der Waals surface area contributed by atoms with Crippen LogP contribution < -0.4 is 5.32 Å². The van der Waals surface area contributed by atoms with Gasteiger partial charge in [0.05, 0.1) is 5.56 Å². The van der Waals surface area contributed by atoms with Crippen LogP contribution in [0.3, 0.4) is 0 Å². The van der Waals surface area contributed by atoms with E-state index in [4.69, 9.17) is 11.6 Å². The average Bonchev–Trinajstić information content (AvgIpc) is 2.25. The topological polar surface area (TPSA) is 29.1 Å². The van der Waals surface area contributed by atoms with E-state index in [1.165, 1.54) is 0 Å². The van der Waals surface area contributed by atoms with Crippen LogP contribution in [0.5, 0.6) is 0 Å². The van der Waals surface area contributed by atoms with Crippen LogP contribution >= 0.6 is 11.6 Å². The molecule has 1 rings (SSSR count). The highest BCUT2D eigenvalue weighted by Crippen LogP contribution is 2.15. The molecule has 1 unspecified atom stereocenters. The van der Waals surface area contributed by atoms with Gasteiger partial charge in [0, 0.05) is 11.9 Å². The number of carbonyl (C=O) groups is 1. The Labute approximate surface area is 95.4 Å². The first-order chi connectivity index (χ1) is 7.47. The maximum Gasteiger partial charge on any atom is 0.254 e. The lowest BCUT2D eigenvalue weighted by Gasteiger charge is -2.11. The van der Waals surface area contributed by atoms with Crippen LogP contribution in [0.1, 0.15) is 17.3 Å². The Morgan fingerprint density at radius 2 is 2.00 bits per heavy atom. The van der Waals surface area contributed by atoms with Crippen LogP contribution in [-0.4, -0.2) is 17.8 Å². The van der Waals surface area contributed by atoms with E-state index in [1.54, 1.807) is 6.92 Å². The summed E-state index contributed by atoms with van der Waals surface area (Å²) < 4.78 is 38.6. The third kappa shape index (κ3) is 2.66. The summed E-state index contributed by atoms with van der Waals surface area (Å²) in [6.45, 7) is 1.60. The molecule has 16 heavy (non-hydrogen) atoms. The predicted molar refractivity (Wildman–Crippen MR) is 54.0 cm³/mol. The largest absolute Gasteiger partial charge is 0.348 e. The normalized spacial score (nSPS) is 12.3. The second-order valence-electron chi connectivity index (χ2n) is 3.25. The summed E-state index contributed by atoms with van der Waals surface area (Å²) in [7, 11) is 0. The number of benzene rings is 1. The highest BCUT2D eigenvalue weighted by Gasteiger charge is 2.19. The van der Waals surface area contributed by atoms with Gasteiger partial charge < -0.3 is 5.32 Å². The van der Waals surface area contributed by atoms with E-state index in [0.29, 0.717) is 6.07 Å². The monoisotopic (exact) mass is 251 g/mol. The number of amides is 1. The van der Waals surface area contributed by atoms with Crippen LogP contribution in [0.15, 0.2) is 12.1 Å². The Morgan fingerprint density at radius 3 is 2.56 bits per heavy atom. The first-order valence-corrected chi connectivity index (χ1v) is 5.01. The summed E-state index contributed by atoms with van der Waals surface area (Å²) in [6, 6.07) is 1.18. The van der Waals surface area contributed by atoms with Crippen molar-refractivity contribution in [2.75, 3.05) is 5.88 Å². The van der Waals surface area contributed by atoms with Gasteiger partial charge in [-0.15, -0.1) is 11.6 Å². The Balaban J connectivity index is 2.97. The minimum absolute atomic E-state index is 0.136. The molecule has 0 saturated heterocycles. The number of rotatable bonds is 3. The van der Waals surface area contributed by atoms with Gasteiger partial charge >= 0.3 is 0 Å². The molecule has 0 aliphatic carbocycles. The molecule has 1 N–H and O–H groups in total. The Kier molecular flexibility index (Phi) is 4.18. The van der Waals surface area contributed by atoms with E-state index in [2.05, 4.69) is 5.32 Å². The smallest absolute Gasteiger partial charge is 0.254 e. The summed E-state index contributed by atoms with van der Waals surface area (Å²) in [5.41, 5.74) is -0.545. The quantitative estimate of drug-likeness (QED) is 0.649. The van der Waals surface area contributed by atoms with Gasteiger partial charge in [0.25, 0.3) is 5.91 Å². The summed E-state index contributed by atoms with van der Waals surface area (Å²) in [4.78, 5) is 11.4. The Hall–Kier alpha value is -1.23. The molecule has 88 valence electrons. The van der Waals surface area contributed by atoms with Crippen molar-refractivity contribution in [1.82, 2.24) is 5.32 Å². The number of halogens is 4. The summed E-state index contributed by atoms with van der Waals surface area (Å²) in [6.07, 6.45) is 0. The predicted octanol–water partition coefficient (Wildman–Crippen LogP) is 2.46. The van der Waals surface area contributed by atoms with Crippen molar-refractivity contribution in [2.24, 2.45) is 0 Å². The third-order valence-corrected chi connectivity index (χ3v) is 2.35. The number of alkyl halides is 1. The number of nitrogens with one attached hydrogen (secondary N) is 1. The van der Waals surface area contributed by atoms with Crippen LogP contribution in [-0.2, 0) is 0 Å². The minimum atomic E-state index is -1.66. The third-order valence-electron chi connectivity index (χ3n) is 1.89. The molecule has 1 aromatic rings. The first-order valence-electron chi connectivity index (χ1n) is 4.47. The van der Waals surface area contributed by atoms with Crippen LogP contribution in [0.2, 0.25) is 0 Å². The molecular formula is C10H9ClF3NO. The molecule has 0 heterocycles. The van der Waals surface area contributed by atoms with Gasteiger partial charge in [-0.1, -0.05) is 0 Å². The fourth-order valence-electron chi connectivity index (χ4n) is 1.04. The second-order valence-corrected chi connectivity index (χ2v) is 3.56. The molecule has 0 bridgehead atoms. The molecule has 0 radical (unpaired) electrons. The van der Waals surface area contributed by atoms with Gasteiger partial charge in [0.2, 0.25) is 0 Å². The summed E-state index contributed by atoms with van der Waals surface area (Å²) >= 11 is 5.44. The lowest BCUT2D eigenvalue weighted by molar-refractivity contribution is 0.0938. The SMILES string of the molecule is CC(CCl)NC(=O)c1ccc(F)c(F)c1F. The molecule has 0 saturated carbocycles. The van der Waals surface area contributed by atoms with E-state index in [1.807, 2.05) is 0 Å². The second kappa shape index (κ2) is 5.21. The van der Waals surface area contributed by atoms with Crippen molar-refractivity contribution in [3.05, 3.63) is 35.1 Å². The summed E-state index contributed by atoms with van der Waals surface area (Å²) in [5, 5.41) is 2.33. The molecule has 1 amide bonds. The van der Waals surface area contributed by atoms with E-state index < -0.39 is 28.9 Å². The zero-order valence-corrected chi connectivity index (χ0v) is 9.12. The van der Waals surface area contributed by atoms with Gasteiger partial charge in [0.1, 0.15) is 0 Å². The van der Waals surface area contributed by atoms with Crippen molar-refractivity contribution >= 4 is 17.5 Å². The zero-order chi connectivity index (χ0) is 12.3. The highest BCUT2D eigenvalue weighted by molar-refractivity contribution is 6.18. The van der Waals surface area contributed by atoms with Gasteiger partial charge in [-0.25, -0.2) is 13.2 Å². The number of carbonyl (C=O) groups excluding carboxylic acids is 1. The molecule has 0 aliphatic heterocycles. The average molecular weight is 252 g/mol. The number of hydrogen-bond acceptors (Lipinski definition) is 1. The Morgan fingerprint density at radius 1 is 1.38 bits per heavy atom. The molecule has 1 aromatic carbocycles. The lowest BCUT2D eigenvalue weighted by atomic mass is 10.1. The highest BCUT2D eigenvalue weighted by atomic mass is 35.5. The fourth-order valence-corrected chi connectivity index (χ4v) is 1.12. The Bertz CT molecular complexity index is 411. The van der Waals surface area contributed by atoms with Crippen molar-refractivity contribution in [3.63, 3.8) is 0 Å². The molecule has 1 atom stereocenters.